The van der Waals surface area contributed by atoms with E-state index in [1.165, 1.54) is 0 Å². The van der Waals surface area contributed by atoms with Crippen LogP contribution in [-0.4, -0.2) is 23.1 Å². The smallest absolute Gasteiger partial charge is 0.310 e. The van der Waals surface area contributed by atoms with E-state index in [0.717, 1.165) is 31.2 Å². The average Bonchev–Trinajstić information content (AvgIpc) is 2.86. The SMILES string of the molecule is O=C(O)C1[C@H](c2ccccc2Cl)C(C(=O)O[C@@H]2CCCC[C@H]2c2ccccc2)[C@H]1c1ccccc1Cl. The highest BCUT2D eigenvalue weighted by atomic mass is 35.5. The predicted molar refractivity (Wildman–Crippen MR) is 141 cm³/mol. The number of aliphatic carboxylic acids is 1. The molecule has 0 aromatic heterocycles. The van der Waals surface area contributed by atoms with E-state index in [2.05, 4.69) is 12.1 Å². The summed E-state index contributed by atoms with van der Waals surface area (Å²) in [5, 5.41) is 11.1. The Labute approximate surface area is 221 Å². The highest BCUT2D eigenvalue weighted by molar-refractivity contribution is 6.32. The molecule has 2 fully saturated rings. The summed E-state index contributed by atoms with van der Waals surface area (Å²) in [4.78, 5) is 26.5. The number of esters is 1. The van der Waals surface area contributed by atoms with Gasteiger partial charge >= 0.3 is 11.9 Å². The standard InChI is InChI=1S/C30H28Cl2O4/c31-22-15-7-4-13-20(22)25-27(29(33)34)26(21-14-5-8-16-23(21)32)28(25)30(35)36-24-17-9-6-12-19(24)18-10-2-1-3-11-18/h1-5,7-8,10-11,13-16,19,24-28H,6,9,12,17H2,(H,33,34)/t19-,24+,25-,26-,27?,28?/m0/s1. The van der Waals surface area contributed by atoms with E-state index in [-0.39, 0.29) is 18.0 Å². The van der Waals surface area contributed by atoms with Gasteiger partial charge in [-0.05, 0) is 48.1 Å². The van der Waals surface area contributed by atoms with Gasteiger partial charge in [0.25, 0.3) is 0 Å². The molecule has 6 heteroatoms. The molecule has 1 N–H and O–H groups in total. The van der Waals surface area contributed by atoms with Crippen LogP contribution in [0.3, 0.4) is 0 Å². The molecule has 186 valence electrons. The Kier molecular flexibility index (Phi) is 7.36. The Balaban J connectivity index is 1.51. The summed E-state index contributed by atoms with van der Waals surface area (Å²) in [6.07, 6.45) is 3.56. The van der Waals surface area contributed by atoms with Crippen molar-refractivity contribution in [2.24, 2.45) is 11.8 Å². The maximum atomic E-state index is 13.9. The topological polar surface area (TPSA) is 63.6 Å². The van der Waals surface area contributed by atoms with E-state index < -0.39 is 29.6 Å². The number of hydrogen-bond donors (Lipinski definition) is 1. The quantitative estimate of drug-likeness (QED) is 0.341. The molecule has 3 aromatic carbocycles. The minimum atomic E-state index is -0.978. The molecule has 4 nitrogen and oxygen atoms in total. The zero-order valence-electron chi connectivity index (χ0n) is 19.7. The minimum Gasteiger partial charge on any atom is -0.481 e. The zero-order valence-corrected chi connectivity index (χ0v) is 21.2. The van der Waals surface area contributed by atoms with Crippen molar-refractivity contribution in [3.63, 3.8) is 0 Å². The van der Waals surface area contributed by atoms with Crippen molar-refractivity contribution in [1.82, 2.24) is 0 Å². The first-order valence-electron chi connectivity index (χ1n) is 12.4. The molecule has 0 heterocycles. The maximum absolute atomic E-state index is 13.9. The Morgan fingerprint density at radius 2 is 1.25 bits per heavy atom. The van der Waals surface area contributed by atoms with Crippen LogP contribution in [0.15, 0.2) is 78.9 Å². The summed E-state index contributed by atoms with van der Waals surface area (Å²) in [5.41, 5.74) is 2.47. The summed E-state index contributed by atoms with van der Waals surface area (Å²) in [6, 6.07) is 24.5. The predicted octanol–water partition coefficient (Wildman–Crippen LogP) is 7.46. The van der Waals surface area contributed by atoms with Gasteiger partial charge in [0.15, 0.2) is 0 Å². The normalized spacial score (nSPS) is 27.6. The van der Waals surface area contributed by atoms with E-state index in [0.29, 0.717) is 21.2 Å². The average molecular weight is 523 g/mol. The van der Waals surface area contributed by atoms with Gasteiger partial charge in [0.2, 0.25) is 0 Å². The van der Waals surface area contributed by atoms with Crippen molar-refractivity contribution < 1.29 is 19.4 Å². The van der Waals surface area contributed by atoms with Crippen molar-refractivity contribution in [3.05, 3.63) is 106 Å². The van der Waals surface area contributed by atoms with Gasteiger partial charge in [-0.25, -0.2) is 0 Å². The molecule has 0 spiro atoms. The van der Waals surface area contributed by atoms with Gasteiger partial charge in [0, 0.05) is 27.8 Å². The van der Waals surface area contributed by atoms with Crippen molar-refractivity contribution >= 4 is 35.1 Å². The second-order valence-electron chi connectivity index (χ2n) is 9.76. The summed E-state index contributed by atoms with van der Waals surface area (Å²) in [5.74, 6) is -4.00. The lowest BCUT2D eigenvalue weighted by atomic mass is 9.52. The fourth-order valence-electron chi connectivity index (χ4n) is 6.16. The lowest BCUT2D eigenvalue weighted by molar-refractivity contribution is -0.170. The Morgan fingerprint density at radius 3 is 1.81 bits per heavy atom. The summed E-state index contributed by atoms with van der Waals surface area (Å²) < 4.78 is 6.26. The Hall–Kier alpha value is -2.82. The maximum Gasteiger partial charge on any atom is 0.310 e. The third kappa shape index (κ3) is 4.65. The van der Waals surface area contributed by atoms with Crippen LogP contribution in [0.25, 0.3) is 0 Å². The van der Waals surface area contributed by atoms with E-state index in [4.69, 9.17) is 27.9 Å². The zero-order chi connectivity index (χ0) is 25.2. The van der Waals surface area contributed by atoms with E-state index in [1.807, 2.05) is 30.3 Å². The number of halogens is 2. The van der Waals surface area contributed by atoms with Crippen LogP contribution in [0, 0.1) is 11.8 Å². The summed E-state index contributed by atoms with van der Waals surface area (Å²) >= 11 is 13.0. The monoisotopic (exact) mass is 522 g/mol. The van der Waals surface area contributed by atoms with Crippen LogP contribution in [0.1, 0.15) is 60.1 Å². The van der Waals surface area contributed by atoms with Gasteiger partial charge in [0.1, 0.15) is 6.10 Å². The van der Waals surface area contributed by atoms with Crippen LogP contribution in [-0.2, 0) is 14.3 Å². The molecule has 3 aromatic rings. The molecule has 0 amide bonds. The van der Waals surface area contributed by atoms with Crippen LogP contribution in [0.4, 0.5) is 0 Å². The van der Waals surface area contributed by atoms with E-state index in [1.54, 1.807) is 36.4 Å². The highest BCUT2D eigenvalue weighted by Gasteiger charge is 2.60. The van der Waals surface area contributed by atoms with Crippen molar-refractivity contribution in [2.45, 2.75) is 49.5 Å². The lowest BCUT2D eigenvalue weighted by Gasteiger charge is -2.50. The number of rotatable bonds is 6. The van der Waals surface area contributed by atoms with E-state index in [9.17, 15) is 14.7 Å². The van der Waals surface area contributed by atoms with Crippen LogP contribution < -0.4 is 0 Å². The molecule has 36 heavy (non-hydrogen) atoms. The summed E-state index contributed by atoms with van der Waals surface area (Å²) in [6.45, 7) is 0. The minimum absolute atomic E-state index is 0.122. The second-order valence-corrected chi connectivity index (χ2v) is 10.6. The molecule has 0 aliphatic heterocycles. The molecule has 2 aliphatic rings. The molecule has 0 unspecified atom stereocenters. The largest absolute Gasteiger partial charge is 0.481 e. The highest BCUT2D eigenvalue weighted by Crippen LogP contribution is 2.60. The number of ether oxygens (including phenoxy) is 1. The lowest BCUT2D eigenvalue weighted by Crippen LogP contribution is -2.52. The Morgan fingerprint density at radius 1 is 0.722 bits per heavy atom. The molecule has 4 atom stereocenters. The molecule has 0 saturated heterocycles. The molecule has 5 rings (SSSR count). The first-order valence-corrected chi connectivity index (χ1v) is 13.2. The molecule has 0 radical (unpaired) electrons. The third-order valence-electron chi connectivity index (χ3n) is 7.83. The molecule has 2 saturated carbocycles. The van der Waals surface area contributed by atoms with Gasteiger partial charge in [-0.15, -0.1) is 0 Å². The van der Waals surface area contributed by atoms with E-state index >= 15 is 0 Å². The number of carbonyl (C=O) groups is 2. The van der Waals surface area contributed by atoms with Crippen LogP contribution >= 0.6 is 23.2 Å². The summed E-state index contributed by atoms with van der Waals surface area (Å²) in [7, 11) is 0. The number of hydrogen-bond acceptors (Lipinski definition) is 3. The van der Waals surface area contributed by atoms with Crippen LogP contribution in [0.2, 0.25) is 10.0 Å². The third-order valence-corrected chi connectivity index (χ3v) is 8.52. The number of carboxylic acids is 1. The van der Waals surface area contributed by atoms with Crippen molar-refractivity contribution in [3.8, 4) is 0 Å². The van der Waals surface area contributed by atoms with Gasteiger partial charge in [-0.1, -0.05) is 96.4 Å². The molecule has 2 aliphatic carbocycles. The fraction of sp³-hybridized carbons (Fsp3) is 0.333. The van der Waals surface area contributed by atoms with Crippen molar-refractivity contribution in [1.29, 1.82) is 0 Å². The Bertz CT molecular complexity index is 1190. The molecular weight excluding hydrogens is 495 g/mol. The first-order chi connectivity index (χ1) is 17.5. The van der Waals surface area contributed by atoms with Crippen molar-refractivity contribution in [2.75, 3.05) is 0 Å². The van der Waals surface area contributed by atoms with Gasteiger partial charge in [-0.3, -0.25) is 9.59 Å². The molecule has 0 bridgehead atoms. The second kappa shape index (κ2) is 10.7. The first kappa shape index (κ1) is 24.9. The van der Waals surface area contributed by atoms with Crippen LogP contribution in [0.5, 0.6) is 0 Å². The van der Waals surface area contributed by atoms with Gasteiger partial charge in [-0.2, -0.15) is 0 Å². The number of carboxylic acid groups (broad SMARTS) is 1. The molecular formula is C30H28Cl2O4. The number of benzene rings is 3. The van der Waals surface area contributed by atoms with Gasteiger partial charge < -0.3 is 9.84 Å². The number of carbonyl (C=O) groups excluding carboxylic acids is 1. The van der Waals surface area contributed by atoms with Gasteiger partial charge in [0.05, 0.1) is 11.8 Å². The fourth-order valence-corrected chi connectivity index (χ4v) is 6.68.